The number of hydrogen-bond donors (Lipinski definition) is 1. The van der Waals surface area contributed by atoms with Crippen molar-refractivity contribution in [1.29, 1.82) is 0 Å². The maximum atomic E-state index is 4.65. The minimum Gasteiger partial charge on any atom is -0.357 e. The molecule has 0 aliphatic carbocycles. The molecule has 6 nitrogen and oxygen atoms in total. The van der Waals surface area contributed by atoms with Gasteiger partial charge >= 0.3 is 0 Å². The van der Waals surface area contributed by atoms with Crippen LogP contribution in [0.2, 0.25) is 0 Å². The van der Waals surface area contributed by atoms with Gasteiger partial charge in [0.2, 0.25) is 5.95 Å². The van der Waals surface area contributed by atoms with Crippen molar-refractivity contribution in [2.45, 2.75) is 38.8 Å². The van der Waals surface area contributed by atoms with Gasteiger partial charge in [0.1, 0.15) is 0 Å². The van der Waals surface area contributed by atoms with Crippen LogP contribution in [0.15, 0.2) is 18.5 Å². The van der Waals surface area contributed by atoms with Gasteiger partial charge in [-0.05, 0) is 32.4 Å². The normalized spacial score (nSPS) is 19.3. The van der Waals surface area contributed by atoms with Gasteiger partial charge in [-0.15, -0.1) is 0 Å². The summed E-state index contributed by atoms with van der Waals surface area (Å²) < 4.78 is 1.90. The van der Waals surface area contributed by atoms with Gasteiger partial charge in [0.25, 0.3) is 0 Å². The fraction of sp³-hybridized carbons (Fsp3) is 0.562. The van der Waals surface area contributed by atoms with E-state index < -0.39 is 0 Å². The summed E-state index contributed by atoms with van der Waals surface area (Å²) in [5.74, 6) is 0.695. The van der Waals surface area contributed by atoms with E-state index in [1.165, 1.54) is 18.4 Å². The monoisotopic (exact) mass is 300 g/mol. The maximum absolute atomic E-state index is 4.65. The van der Waals surface area contributed by atoms with Crippen molar-refractivity contribution in [2.24, 2.45) is 7.05 Å². The Morgan fingerprint density at radius 2 is 2.23 bits per heavy atom. The lowest BCUT2D eigenvalue weighted by molar-refractivity contribution is 0.137. The molecule has 1 aliphatic rings. The van der Waals surface area contributed by atoms with E-state index in [2.05, 4.69) is 38.4 Å². The number of anilines is 1. The zero-order valence-corrected chi connectivity index (χ0v) is 13.6. The van der Waals surface area contributed by atoms with E-state index in [9.17, 15) is 0 Å². The predicted molar refractivity (Wildman–Crippen MR) is 86.5 cm³/mol. The summed E-state index contributed by atoms with van der Waals surface area (Å²) in [7, 11) is 3.84. The first-order valence-corrected chi connectivity index (χ1v) is 7.91. The number of aryl methyl sites for hydroxylation is 2. The predicted octanol–water partition coefficient (Wildman–Crippen LogP) is 2.29. The molecule has 0 saturated carbocycles. The molecule has 22 heavy (non-hydrogen) atoms. The van der Waals surface area contributed by atoms with Crippen LogP contribution in [0.5, 0.6) is 0 Å². The molecule has 1 atom stereocenters. The van der Waals surface area contributed by atoms with Gasteiger partial charge in [-0.25, -0.2) is 9.97 Å². The van der Waals surface area contributed by atoms with Crippen LogP contribution in [0, 0.1) is 6.92 Å². The van der Waals surface area contributed by atoms with Gasteiger partial charge in [0.05, 0.1) is 17.4 Å². The zero-order chi connectivity index (χ0) is 15.5. The summed E-state index contributed by atoms with van der Waals surface area (Å²) in [5.41, 5.74) is 3.53. The molecule has 0 aromatic carbocycles. The third kappa shape index (κ3) is 3.11. The van der Waals surface area contributed by atoms with E-state index in [0.717, 1.165) is 30.9 Å². The average molecular weight is 300 g/mol. The topological polar surface area (TPSA) is 58.9 Å². The Hall–Kier alpha value is -1.95. The molecule has 0 amide bonds. The third-order valence-corrected chi connectivity index (χ3v) is 4.34. The standard InChI is InChI=1S/C16H24N6/c1-12-13(10-21(3)20-12)11-22-9-5-4-6-15(22)14-7-8-18-16(17-2)19-14/h7-8,10,15H,4-6,9,11H2,1-3H3,(H,17,18,19)/t15-/m0/s1. The molecular weight excluding hydrogens is 276 g/mol. The van der Waals surface area contributed by atoms with Gasteiger partial charge in [0.15, 0.2) is 0 Å². The summed E-state index contributed by atoms with van der Waals surface area (Å²) in [6.07, 6.45) is 7.63. The number of hydrogen-bond acceptors (Lipinski definition) is 5. The van der Waals surface area contributed by atoms with Crippen LogP contribution in [-0.2, 0) is 13.6 Å². The molecule has 3 rings (SSSR count). The Bertz CT molecular complexity index is 635. The maximum Gasteiger partial charge on any atom is 0.222 e. The second-order valence-corrected chi connectivity index (χ2v) is 5.95. The highest BCUT2D eigenvalue weighted by Crippen LogP contribution is 2.31. The lowest BCUT2D eigenvalue weighted by Gasteiger charge is -2.35. The summed E-state index contributed by atoms with van der Waals surface area (Å²) in [6.45, 7) is 4.12. The molecule has 1 saturated heterocycles. The molecule has 0 spiro atoms. The van der Waals surface area contributed by atoms with Gasteiger partial charge in [0, 0.05) is 38.6 Å². The second-order valence-electron chi connectivity index (χ2n) is 5.95. The zero-order valence-electron chi connectivity index (χ0n) is 13.6. The number of rotatable bonds is 4. The summed E-state index contributed by atoms with van der Waals surface area (Å²) in [5, 5.41) is 7.49. The first-order valence-electron chi connectivity index (χ1n) is 7.91. The number of aromatic nitrogens is 4. The minimum atomic E-state index is 0.364. The highest BCUT2D eigenvalue weighted by atomic mass is 15.3. The first kappa shape index (κ1) is 15.0. The Morgan fingerprint density at radius 3 is 2.95 bits per heavy atom. The van der Waals surface area contributed by atoms with Gasteiger partial charge in [-0.3, -0.25) is 9.58 Å². The Morgan fingerprint density at radius 1 is 1.36 bits per heavy atom. The Balaban J connectivity index is 1.83. The smallest absolute Gasteiger partial charge is 0.222 e. The molecule has 2 aromatic rings. The van der Waals surface area contributed by atoms with Crippen LogP contribution in [0.3, 0.4) is 0 Å². The van der Waals surface area contributed by atoms with Crippen molar-refractivity contribution < 1.29 is 0 Å². The van der Waals surface area contributed by atoms with Gasteiger partial charge in [-0.2, -0.15) is 5.10 Å². The molecule has 0 radical (unpaired) electrons. The molecule has 6 heteroatoms. The van der Waals surface area contributed by atoms with E-state index in [4.69, 9.17) is 0 Å². The fourth-order valence-corrected chi connectivity index (χ4v) is 3.22. The Labute approximate surface area is 131 Å². The molecule has 0 bridgehead atoms. The van der Waals surface area contributed by atoms with Crippen LogP contribution in [0.4, 0.5) is 5.95 Å². The molecule has 1 aliphatic heterocycles. The van der Waals surface area contributed by atoms with E-state index >= 15 is 0 Å². The van der Waals surface area contributed by atoms with Crippen molar-refractivity contribution in [2.75, 3.05) is 18.9 Å². The lowest BCUT2D eigenvalue weighted by atomic mass is 9.98. The molecule has 1 N–H and O–H groups in total. The number of nitrogens with zero attached hydrogens (tertiary/aromatic N) is 5. The summed E-state index contributed by atoms with van der Waals surface area (Å²) >= 11 is 0. The molecule has 3 heterocycles. The highest BCUT2D eigenvalue weighted by molar-refractivity contribution is 5.25. The van der Waals surface area contributed by atoms with Gasteiger partial charge in [-0.1, -0.05) is 6.42 Å². The molecule has 2 aromatic heterocycles. The second kappa shape index (κ2) is 6.44. The summed E-state index contributed by atoms with van der Waals surface area (Å²) in [4.78, 5) is 11.4. The largest absolute Gasteiger partial charge is 0.357 e. The van der Waals surface area contributed by atoms with Crippen LogP contribution in [0.1, 0.15) is 42.3 Å². The lowest BCUT2D eigenvalue weighted by Crippen LogP contribution is -2.33. The third-order valence-electron chi connectivity index (χ3n) is 4.34. The number of likely N-dealkylation sites (tertiary alicyclic amines) is 1. The van der Waals surface area contributed by atoms with Crippen molar-refractivity contribution in [3.8, 4) is 0 Å². The van der Waals surface area contributed by atoms with E-state index in [1.54, 1.807) is 0 Å². The van der Waals surface area contributed by atoms with Crippen LogP contribution >= 0.6 is 0 Å². The van der Waals surface area contributed by atoms with Gasteiger partial charge < -0.3 is 5.32 Å². The molecular formula is C16H24N6. The SMILES string of the molecule is CNc1nccc([C@@H]2CCCCN2Cc2cn(C)nc2C)n1. The van der Waals surface area contributed by atoms with Crippen LogP contribution in [-0.4, -0.2) is 38.2 Å². The van der Waals surface area contributed by atoms with Crippen LogP contribution < -0.4 is 5.32 Å². The fourth-order valence-electron chi connectivity index (χ4n) is 3.22. The molecule has 118 valence electrons. The van der Waals surface area contributed by atoms with E-state index in [1.807, 2.05) is 31.0 Å². The van der Waals surface area contributed by atoms with E-state index in [-0.39, 0.29) is 0 Å². The molecule has 1 fully saturated rings. The minimum absolute atomic E-state index is 0.364. The quantitative estimate of drug-likeness (QED) is 0.939. The van der Waals surface area contributed by atoms with Crippen LogP contribution in [0.25, 0.3) is 0 Å². The summed E-state index contributed by atoms with van der Waals surface area (Å²) in [6, 6.07) is 2.41. The van der Waals surface area contributed by atoms with Crippen molar-refractivity contribution in [3.63, 3.8) is 0 Å². The Kier molecular flexibility index (Phi) is 4.38. The number of piperidine rings is 1. The average Bonchev–Trinajstić information content (AvgIpc) is 2.85. The van der Waals surface area contributed by atoms with E-state index in [0.29, 0.717) is 12.0 Å². The van der Waals surface area contributed by atoms with Crippen molar-refractivity contribution in [3.05, 3.63) is 35.4 Å². The van der Waals surface area contributed by atoms with Crippen molar-refractivity contribution in [1.82, 2.24) is 24.6 Å². The highest BCUT2D eigenvalue weighted by Gasteiger charge is 2.26. The van der Waals surface area contributed by atoms with Crippen molar-refractivity contribution >= 4 is 5.95 Å². The number of nitrogens with one attached hydrogen (secondary N) is 1. The first-order chi connectivity index (χ1) is 10.7. The molecule has 0 unspecified atom stereocenters.